The number of carbonyl (C=O) groups excluding carboxylic acids is 2. The van der Waals surface area contributed by atoms with Crippen LogP contribution in [0.2, 0.25) is 0 Å². The van der Waals surface area contributed by atoms with Gasteiger partial charge in [0.1, 0.15) is 11.5 Å². The van der Waals surface area contributed by atoms with Gasteiger partial charge in [-0.2, -0.15) is 0 Å². The number of nitrogens with one attached hydrogen (secondary N) is 1. The van der Waals surface area contributed by atoms with Gasteiger partial charge >= 0.3 is 6.03 Å². The maximum Gasteiger partial charge on any atom is 0.322 e. The van der Waals surface area contributed by atoms with Gasteiger partial charge < -0.3 is 20.7 Å². The summed E-state index contributed by atoms with van der Waals surface area (Å²) in [7, 11) is 0. The molecule has 3 N–H and O–H groups in total. The van der Waals surface area contributed by atoms with Crippen LogP contribution < -0.4 is 15.8 Å². The van der Waals surface area contributed by atoms with Gasteiger partial charge in [0.05, 0.1) is 0 Å². The van der Waals surface area contributed by atoms with E-state index in [1.54, 1.807) is 48.5 Å². The van der Waals surface area contributed by atoms with Crippen molar-refractivity contribution in [3.05, 3.63) is 54.1 Å². The number of urea groups is 1. The van der Waals surface area contributed by atoms with E-state index in [1.165, 1.54) is 0 Å². The van der Waals surface area contributed by atoms with Crippen molar-refractivity contribution in [2.45, 2.75) is 25.8 Å². The van der Waals surface area contributed by atoms with Crippen LogP contribution in [0.15, 0.2) is 48.5 Å². The van der Waals surface area contributed by atoms with Gasteiger partial charge in [0.15, 0.2) is 0 Å². The zero-order valence-corrected chi connectivity index (χ0v) is 14.1. The highest BCUT2D eigenvalue weighted by Crippen LogP contribution is 2.28. The highest BCUT2D eigenvalue weighted by atomic mass is 16.5. The molecule has 1 saturated carbocycles. The molecule has 0 spiro atoms. The van der Waals surface area contributed by atoms with Crippen LogP contribution in [0, 0.1) is 0 Å². The summed E-state index contributed by atoms with van der Waals surface area (Å²) in [6.45, 7) is 2.68. The zero-order chi connectivity index (χ0) is 17.8. The topological polar surface area (TPSA) is 84.7 Å². The van der Waals surface area contributed by atoms with Gasteiger partial charge in [-0.3, -0.25) is 4.79 Å². The van der Waals surface area contributed by atoms with Crippen LogP contribution >= 0.6 is 0 Å². The monoisotopic (exact) mass is 339 g/mol. The van der Waals surface area contributed by atoms with Gasteiger partial charge in [0, 0.05) is 23.8 Å². The van der Waals surface area contributed by atoms with Gasteiger partial charge in [-0.25, -0.2) is 4.79 Å². The Hall–Kier alpha value is -3.02. The number of primary amides is 1. The molecule has 0 unspecified atom stereocenters. The third kappa shape index (κ3) is 4.29. The molecule has 6 heteroatoms. The normalized spacial score (nSPS) is 13.2. The Labute approximate surface area is 146 Å². The molecular formula is C19H21N3O3. The van der Waals surface area contributed by atoms with Gasteiger partial charge in [-0.15, -0.1) is 0 Å². The highest BCUT2D eigenvalue weighted by Gasteiger charge is 2.31. The van der Waals surface area contributed by atoms with Crippen molar-refractivity contribution in [2.24, 2.45) is 5.73 Å². The summed E-state index contributed by atoms with van der Waals surface area (Å²) in [4.78, 5) is 25.3. The van der Waals surface area contributed by atoms with Gasteiger partial charge in [0.2, 0.25) is 5.91 Å². The molecule has 1 aliphatic rings. The highest BCUT2D eigenvalue weighted by molar-refractivity contribution is 5.93. The first-order valence-electron chi connectivity index (χ1n) is 8.32. The lowest BCUT2D eigenvalue weighted by Crippen LogP contribution is -2.36. The fourth-order valence-electron chi connectivity index (χ4n) is 2.60. The van der Waals surface area contributed by atoms with Crippen LogP contribution in [0.25, 0.3) is 0 Å². The molecule has 0 atom stereocenters. The standard InChI is InChI=1S/C19H21N3O3/c1-2-22(15-8-9-15)19(24)21-14-6-10-16(11-7-14)25-17-5-3-4-13(12-17)18(20)23/h3-7,10-12,15H,2,8-9H2,1H3,(H2,20,23)(H,21,24). The van der Waals surface area contributed by atoms with E-state index >= 15 is 0 Å². The van der Waals surface area contributed by atoms with Crippen molar-refractivity contribution in [2.75, 3.05) is 11.9 Å². The SMILES string of the molecule is CCN(C(=O)Nc1ccc(Oc2cccc(C(N)=O)c2)cc1)C1CC1. The van der Waals surface area contributed by atoms with Crippen LogP contribution in [-0.4, -0.2) is 29.4 Å². The fourth-order valence-corrected chi connectivity index (χ4v) is 2.60. The van der Waals surface area contributed by atoms with E-state index in [-0.39, 0.29) is 6.03 Å². The van der Waals surface area contributed by atoms with Crippen LogP contribution in [0.5, 0.6) is 11.5 Å². The van der Waals surface area contributed by atoms with Gasteiger partial charge in [0.25, 0.3) is 0 Å². The minimum Gasteiger partial charge on any atom is -0.457 e. The second kappa shape index (κ2) is 7.25. The Balaban J connectivity index is 1.63. The summed E-state index contributed by atoms with van der Waals surface area (Å²) in [5, 5.41) is 2.90. The number of ether oxygens (including phenoxy) is 1. The Bertz CT molecular complexity index is 770. The minimum atomic E-state index is -0.500. The molecule has 1 fully saturated rings. The molecule has 2 aromatic carbocycles. The molecule has 0 heterocycles. The van der Waals surface area contributed by atoms with E-state index in [4.69, 9.17) is 10.5 Å². The molecule has 1 aliphatic carbocycles. The van der Waals surface area contributed by atoms with E-state index in [2.05, 4.69) is 5.32 Å². The first-order chi connectivity index (χ1) is 12.1. The number of benzene rings is 2. The predicted octanol–water partition coefficient (Wildman–Crippen LogP) is 3.59. The number of nitrogens with zero attached hydrogens (tertiary/aromatic N) is 1. The third-order valence-corrected chi connectivity index (χ3v) is 4.05. The van der Waals surface area contributed by atoms with E-state index < -0.39 is 5.91 Å². The van der Waals surface area contributed by atoms with Crippen molar-refractivity contribution < 1.29 is 14.3 Å². The first-order valence-corrected chi connectivity index (χ1v) is 8.32. The van der Waals surface area contributed by atoms with E-state index in [0.29, 0.717) is 35.3 Å². The second-order valence-corrected chi connectivity index (χ2v) is 5.97. The average molecular weight is 339 g/mol. The smallest absolute Gasteiger partial charge is 0.322 e. The largest absolute Gasteiger partial charge is 0.457 e. The second-order valence-electron chi connectivity index (χ2n) is 5.97. The molecule has 6 nitrogen and oxygen atoms in total. The number of amides is 3. The van der Waals surface area contributed by atoms with Crippen LogP contribution in [0.4, 0.5) is 10.5 Å². The van der Waals surface area contributed by atoms with Crippen molar-refractivity contribution in [1.29, 1.82) is 0 Å². The average Bonchev–Trinajstić information content (AvgIpc) is 3.42. The number of rotatable bonds is 6. The molecule has 25 heavy (non-hydrogen) atoms. The Morgan fingerprint density at radius 2 is 1.88 bits per heavy atom. The van der Waals surface area contributed by atoms with Crippen molar-refractivity contribution >= 4 is 17.6 Å². The Kier molecular flexibility index (Phi) is 4.88. The number of hydrogen-bond acceptors (Lipinski definition) is 3. The predicted molar refractivity (Wildman–Crippen MR) is 95.9 cm³/mol. The lowest BCUT2D eigenvalue weighted by atomic mass is 10.2. The van der Waals surface area contributed by atoms with Crippen molar-refractivity contribution in [3.8, 4) is 11.5 Å². The summed E-state index contributed by atoms with van der Waals surface area (Å²) in [5.41, 5.74) is 6.37. The number of anilines is 1. The van der Waals surface area contributed by atoms with Gasteiger partial charge in [-0.1, -0.05) is 6.07 Å². The molecule has 0 aliphatic heterocycles. The number of hydrogen-bond donors (Lipinski definition) is 2. The Morgan fingerprint density at radius 1 is 1.16 bits per heavy atom. The minimum absolute atomic E-state index is 0.0761. The summed E-state index contributed by atoms with van der Waals surface area (Å²) in [5.74, 6) is 0.632. The molecule has 0 saturated heterocycles. The lowest BCUT2D eigenvalue weighted by Gasteiger charge is -2.20. The molecular weight excluding hydrogens is 318 g/mol. The van der Waals surface area contributed by atoms with Crippen LogP contribution in [-0.2, 0) is 0 Å². The maximum atomic E-state index is 12.2. The molecule has 0 bridgehead atoms. The number of carbonyl (C=O) groups is 2. The summed E-state index contributed by atoms with van der Waals surface area (Å²) >= 11 is 0. The Morgan fingerprint density at radius 3 is 2.48 bits per heavy atom. The van der Waals surface area contributed by atoms with Gasteiger partial charge in [-0.05, 0) is 62.2 Å². The molecule has 3 rings (SSSR count). The molecule has 0 aromatic heterocycles. The summed E-state index contributed by atoms with van der Waals surface area (Å²) < 4.78 is 5.72. The molecule has 130 valence electrons. The molecule has 2 aromatic rings. The summed E-state index contributed by atoms with van der Waals surface area (Å²) in [6.07, 6.45) is 2.16. The van der Waals surface area contributed by atoms with E-state index in [1.807, 2.05) is 11.8 Å². The third-order valence-electron chi connectivity index (χ3n) is 4.05. The quantitative estimate of drug-likeness (QED) is 0.843. The number of nitrogens with two attached hydrogens (primary N) is 1. The van der Waals surface area contributed by atoms with Crippen molar-refractivity contribution in [3.63, 3.8) is 0 Å². The molecule has 3 amide bonds. The lowest BCUT2D eigenvalue weighted by molar-refractivity contribution is 0.1000. The fraction of sp³-hybridized carbons (Fsp3) is 0.263. The van der Waals surface area contributed by atoms with E-state index in [9.17, 15) is 9.59 Å². The first kappa shape index (κ1) is 16.8. The zero-order valence-electron chi connectivity index (χ0n) is 14.1. The van der Waals surface area contributed by atoms with Crippen LogP contribution in [0.1, 0.15) is 30.1 Å². The summed E-state index contributed by atoms with van der Waals surface area (Å²) in [6, 6.07) is 14.1. The maximum absolute atomic E-state index is 12.2. The van der Waals surface area contributed by atoms with E-state index in [0.717, 1.165) is 12.8 Å². The van der Waals surface area contributed by atoms with Crippen LogP contribution in [0.3, 0.4) is 0 Å². The van der Waals surface area contributed by atoms with Crippen molar-refractivity contribution in [1.82, 2.24) is 4.90 Å². The molecule has 0 radical (unpaired) electrons.